The summed E-state index contributed by atoms with van der Waals surface area (Å²) in [5, 5.41) is 28.0. The molecule has 1 aromatic carbocycles. The quantitative estimate of drug-likeness (QED) is 0.475. The molecule has 2 aromatic rings. The lowest BCUT2D eigenvalue weighted by atomic mass is 10.0. The molecule has 0 saturated heterocycles. The number of amides is 1. The fourth-order valence-corrected chi connectivity index (χ4v) is 2.63. The number of carboxylic acids is 2. The summed E-state index contributed by atoms with van der Waals surface area (Å²) in [7, 11) is 0. The van der Waals surface area contributed by atoms with Crippen molar-refractivity contribution in [2.75, 3.05) is 26.4 Å². The number of benzene rings is 1. The molecule has 0 saturated carbocycles. The third-order valence-corrected chi connectivity index (χ3v) is 3.80. The van der Waals surface area contributed by atoms with E-state index in [2.05, 4.69) is 10.3 Å². The molecule has 1 aromatic heterocycles. The van der Waals surface area contributed by atoms with Gasteiger partial charge in [0.15, 0.2) is 0 Å². The number of aliphatic carboxylic acids is 1. The number of hydrogen-bond donors (Lipinski definition) is 4. The smallest absolute Gasteiger partial charge is 0.337 e. The summed E-state index contributed by atoms with van der Waals surface area (Å²) < 4.78 is 5.10. The normalized spacial score (nSPS) is 10.0. The molecule has 1 amide bonds. The van der Waals surface area contributed by atoms with Crippen LogP contribution in [0.3, 0.4) is 0 Å². The lowest BCUT2D eigenvalue weighted by Crippen LogP contribution is -2.27. The second-order valence-electron chi connectivity index (χ2n) is 6.28. The molecule has 30 heavy (non-hydrogen) atoms. The number of nitrogens with one attached hydrogen (secondary N) is 1. The molecule has 0 fully saturated rings. The first-order chi connectivity index (χ1) is 14.2. The van der Waals surface area contributed by atoms with Gasteiger partial charge in [-0.1, -0.05) is 12.1 Å². The summed E-state index contributed by atoms with van der Waals surface area (Å²) >= 11 is 0. The van der Waals surface area contributed by atoms with Crippen LogP contribution in [0, 0.1) is 13.8 Å². The molecular formula is C21H26N2O7. The van der Waals surface area contributed by atoms with Gasteiger partial charge in [-0.15, -0.1) is 0 Å². The predicted octanol–water partition coefficient (Wildman–Crippen LogP) is 1.89. The van der Waals surface area contributed by atoms with Gasteiger partial charge in [-0.05, 0) is 37.6 Å². The fraction of sp³-hybridized carbons (Fsp3) is 0.333. The van der Waals surface area contributed by atoms with Crippen LogP contribution in [0.1, 0.15) is 38.9 Å². The second kappa shape index (κ2) is 12.3. The highest BCUT2D eigenvalue weighted by Gasteiger charge is 2.15. The van der Waals surface area contributed by atoms with E-state index in [1.165, 1.54) is 0 Å². The van der Waals surface area contributed by atoms with E-state index in [9.17, 15) is 14.7 Å². The molecular weight excluding hydrogens is 392 g/mol. The molecule has 0 aliphatic heterocycles. The van der Waals surface area contributed by atoms with E-state index in [1.807, 2.05) is 6.07 Å². The summed E-state index contributed by atoms with van der Waals surface area (Å²) in [6, 6.07) is 8.69. The van der Waals surface area contributed by atoms with Gasteiger partial charge in [0.25, 0.3) is 11.9 Å². The number of aryl methyl sites for hydroxylation is 2. The predicted molar refractivity (Wildman–Crippen MR) is 110 cm³/mol. The number of aliphatic hydroxyl groups excluding tert-OH is 1. The highest BCUT2D eigenvalue weighted by Crippen LogP contribution is 2.23. The Bertz CT molecular complexity index is 870. The second-order valence-corrected chi connectivity index (χ2v) is 6.28. The Labute approximate surface area is 174 Å². The molecule has 9 nitrogen and oxygen atoms in total. The maximum absolute atomic E-state index is 12.2. The zero-order valence-electron chi connectivity index (χ0n) is 17.1. The Morgan fingerprint density at radius 2 is 1.77 bits per heavy atom. The largest absolute Gasteiger partial charge is 0.481 e. The zero-order valence-corrected chi connectivity index (χ0v) is 17.1. The molecule has 2 rings (SSSR count). The number of rotatable bonds is 8. The number of aromatic carboxylic acids is 1. The van der Waals surface area contributed by atoms with Crippen molar-refractivity contribution in [2.24, 2.45) is 0 Å². The van der Waals surface area contributed by atoms with Crippen molar-refractivity contribution in [3.05, 3.63) is 52.7 Å². The van der Waals surface area contributed by atoms with Crippen LogP contribution in [-0.2, 0) is 9.53 Å². The monoisotopic (exact) mass is 418 g/mol. The average Bonchev–Trinajstić information content (AvgIpc) is 2.66. The van der Waals surface area contributed by atoms with E-state index < -0.39 is 11.9 Å². The van der Waals surface area contributed by atoms with Gasteiger partial charge >= 0.3 is 5.97 Å². The van der Waals surface area contributed by atoms with Crippen molar-refractivity contribution >= 4 is 17.8 Å². The molecule has 0 unspecified atom stereocenters. The number of carbonyl (C=O) groups excluding carboxylic acids is 1. The Morgan fingerprint density at radius 1 is 1.10 bits per heavy atom. The number of pyridine rings is 1. The standard InChI is InChI=1S/C19H22N2O5.C2H4O2/c1-12-10-16(21-13(2)17(12)19(24)25)14-4-3-5-15(11-14)18(23)20-6-8-26-9-7-22;1-2(3)4/h3-5,10-11,22H,6-9H2,1-2H3,(H,20,23)(H,24,25);1H3,(H,3,4). The molecule has 9 heteroatoms. The first kappa shape index (κ1) is 24.7. The number of aliphatic hydroxyl groups is 1. The van der Waals surface area contributed by atoms with Crippen molar-refractivity contribution in [3.8, 4) is 11.3 Å². The minimum absolute atomic E-state index is 0.0531. The van der Waals surface area contributed by atoms with Gasteiger partial charge in [0.2, 0.25) is 0 Å². The van der Waals surface area contributed by atoms with Crippen molar-refractivity contribution in [2.45, 2.75) is 20.8 Å². The zero-order chi connectivity index (χ0) is 22.7. The van der Waals surface area contributed by atoms with Gasteiger partial charge in [0.05, 0.1) is 36.8 Å². The van der Waals surface area contributed by atoms with E-state index in [-0.39, 0.29) is 24.7 Å². The van der Waals surface area contributed by atoms with Gasteiger partial charge in [-0.3, -0.25) is 14.6 Å². The number of ether oxygens (including phenoxy) is 1. The fourth-order valence-electron chi connectivity index (χ4n) is 2.63. The number of hydrogen-bond acceptors (Lipinski definition) is 6. The molecule has 0 aliphatic rings. The lowest BCUT2D eigenvalue weighted by Gasteiger charge is -2.10. The topological polar surface area (TPSA) is 146 Å². The summed E-state index contributed by atoms with van der Waals surface area (Å²) in [6.45, 7) is 5.31. The Morgan fingerprint density at radius 3 is 2.33 bits per heavy atom. The van der Waals surface area contributed by atoms with Crippen molar-refractivity contribution < 1.29 is 34.4 Å². The van der Waals surface area contributed by atoms with Gasteiger partial charge < -0.3 is 25.4 Å². The molecule has 1 heterocycles. The van der Waals surface area contributed by atoms with Crippen molar-refractivity contribution in [1.29, 1.82) is 0 Å². The van der Waals surface area contributed by atoms with Crippen molar-refractivity contribution in [3.63, 3.8) is 0 Å². The third-order valence-electron chi connectivity index (χ3n) is 3.80. The van der Waals surface area contributed by atoms with E-state index in [0.29, 0.717) is 35.7 Å². The average molecular weight is 418 g/mol. The molecule has 0 radical (unpaired) electrons. The maximum Gasteiger partial charge on any atom is 0.337 e. The first-order valence-electron chi connectivity index (χ1n) is 9.15. The molecule has 0 aliphatic carbocycles. The first-order valence-corrected chi connectivity index (χ1v) is 9.15. The van der Waals surface area contributed by atoms with Crippen LogP contribution >= 0.6 is 0 Å². The lowest BCUT2D eigenvalue weighted by molar-refractivity contribution is -0.134. The third kappa shape index (κ3) is 7.98. The summed E-state index contributed by atoms with van der Waals surface area (Å²) in [5.41, 5.74) is 3.08. The summed E-state index contributed by atoms with van der Waals surface area (Å²) in [4.78, 5) is 36.9. The number of carboxylic acid groups (broad SMARTS) is 2. The Balaban J connectivity index is 0.00000103. The SMILES string of the molecule is CC(=O)O.Cc1cc(-c2cccc(C(=O)NCCOCCO)c2)nc(C)c1C(=O)O. The van der Waals surface area contributed by atoms with Crippen LogP contribution in [0.25, 0.3) is 11.3 Å². The summed E-state index contributed by atoms with van der Waals surface area (Å²) in [5.74, 6) is -2.08. The van der Waals surface area contributed by atoms with Gasteiger partial charge in [-0.2, -0.15) is 0 Å². The van der Waals surface area contributed by atoms with Crippen molar-refractivity contribution in [1.82, 2.24) is 10.3 Å². The van der Waals surface area contributed by atoms with Crippen LogP contribution in [0.4, 0.5) is 0 Å². The minimum Gasteiger partial charge on any atom is -0.481 e. The van der Waals surface area contributed by atoms with Crippen LogP contribution in [0.15, 0.2) is 30.3 Å². The maximum atomic E-state index is 12.2. The minimum atomic E-state index is -1.00. The molecule has 162 valence electrons. The van der Waals surface area contributed by atoms with Crippen LogP contribution in [0.5, 0.6) is 0 Å². The molecule has 4 N–H and O–H groups in total. The van der Waals surface area contributed by atoms with E-state index >= 15 is 0 Å². The van der Waals surface area contributed by atoms with Gasteiger partial charge in [-0.25, -0.2) is 4.79 Å². The van der Waals surface area contributed by atoms with Crippen LogP contribution < -0.4 is 5.32 Å². The van der Waals surface area contributed by atoms with Gasteiger partial charge in [0, 0.05) is 24.6 Å². The van der Waals surface area contributed by atoms with Gasteiger partial charge in [0.1, 0.15) is 0 Å². The highest BCUT2D eigenvalue weighted by atomic mass is 16.5. The van der Waals surface area contributed by atoms with E-state index in [1.54, 1.807) is 38.1 Å². The Kier molecular flexibility index (Phi) is 10.1. The van der Waals surface area contributed by atoms with Crippen LogP contribution in [-0.4, -0.2) is 64.5 Å². The molecule has 0 atom stereocenters. The Hall–Kier alpha value is -3.30. The number of carbonyl (C=O) groups is 3. The van der Waals surface area contributed by atoms with E-state index in [4.69, 9.17) is 19.7 Å². The number of nitrogens with zero attached hydrogens (tertiary/aromatic N) is 1. The molecule has 0 bridgehead atoms. The highest BCUT2D eigenvalue weighted by molar-refractivity contribution is 5.95. The summed E-state index contributed by atoms with van der Waals surface area (Å²) in [6.07, 6.45) is 0. The molecule has 0 spiro atoms. The van der Waals surface area contributed by atoms with E-state index in [0.717, 1.165) is 12.5 Å². The van der Waals surface area contributed by atoms with Crippen LogP contribution in [0.2, 0.25) is 0 Å². The number of aromatic nitrogens is 1.